The lowest BCUT2D eigenvalue weighted by Crippen LogP contribution is -2.47. The average Bonchev–Trinajstić information content (AvgIpc) is 2.77. The van der Waals surface area contributed by atoms with Crippen LogP contribution < -0.4 is 9.47 Å². The van der Waals surface area contributed by atoms with E-state index < -0.39 is 25.6 Å². The first kappa shape index (κ1) is 32.8. The van der Waals surface area contributed by atoms with E-state index in [1.165, 1.54) is 17.7 Å². The van der Waals surface area contributed by atoms with Gasteiger partial charge in [-0.3, -0.25) is 14.6 Å². The van der Waals surface area contributed by atoms with Crippen molar-refractivity contribution < 1.29 is 40.6 Å². The number of ketones is 1. The summed E-state index contributed by atoms with van der Waals surface area (Å²) in [5.41, 5.74) is 1.42. The third-order valence-corrected chi connectivity index (χ3v) is 5.26. The Kier molecular flexibility index (Phi) is 13.0. The van der Waals surface area contributed by atoms with Crippen molar-refractivity contribution in [3.8, 4) is 11.5 Å². The molecule has 0 spiro atoms. The largest absolute Gasteiger partial charge is 0.484 e. The Hall–Kier alpha value is -2.21. The molecule has 0 aliphatic carbocycles. The Balaban J connectivity index is 0.00000342. The number of carbonyl (C=O) groups is 1. The number of halogens is 8. The third kappa shape index (κ3) is 12.7. The molecule has 2 aromatic rings. The number of benzene rings is 2. The molecule has 0 N–H and O–H groups in total. The first-order valence-electron chi connectivity index (χ1n) is 11.0. The zero-order valence-electron chi connectivity index (χ0n) is 19.7. The summed E-state index contributed by atoms with van der Waals surface area (Å²) in [5, 5.41) is 0. The van der Waals surface area contributed by atoms with Crippen molar-refractivity contribution in [2.75, 3.05) is 45.9 Å². The van der Waals surface area contributed by atoms with Crippen LogP contribution in [-0.2, 0) is 17.8 Å². The summed E-state index contributed by atoms with van der Waals surface area (Å²) in [4.78, 5) is 16.9. The van der Waals surface area contributed by atoms with Gasteiger partial charge in [-0.25, -0.2) is 0 Å². The van der Waals surface area contributed by atoms with Gasteiger partial charge < -0.3 is 9.47 Å². The van der Waals surface area contributed by atoms with Gasteiger partial charge in [-0.1, -0.05) is 30.3 Å². The van der Waals surface area contributed by atoms with Crippen LogP contribution in [-0.4, -0.2) is 73.9 Å². The molecule has 1 saturated heterocycles. The number of ether oxygens (including phenoxy) is 2. The minimum atomic E-state index is -4.62. The minimum Gasteiger partial charge on any atom is -0.484 e. The lowest BCUT2D eigenvalue weighted by atomic mass is 10.1. The second kappa shape index (κ2) is 14.7. The van der Waals surface area contributed by atoms with Crippen LogP contribution in [0.3, 0.4) is 0 Å². The number of Topliss-reactive ketones (excluding diaryl/α,β-unsaturated/α-hetero) is 1. The topological polar surface area (TPSA) is 42.0 Å². The summed E-state index contributed by atoms with van der Waals surface area (Å²) in [6, 6.07) is 13.4. The zero-order chi connectivity index (χ0) is 25.5. The van der Waals surface area contributed by atoms with Crippen LogP contribution in [0, 0.1) is 0 Å². The Morgan fingerprint density at radius 2 is 1.22 bits per heavy atom. The molecule has 5 nitrogen and oxygen atoms in total. The lowest BCUT2D eigenvalue weighted by molar-refractivity contribution is -0.154. The molecule has 13 heteroatoms. The van der Waals surface area contributed by atoms with Crippen LogP contribution >= 0.6 is 24.8 Å². The number of hydrogen-bond donors (Lipinski definition) is 0. The highest BCUT2D eigenvalue weighted by molar-refractivity contribution is 5.85. The van der Waals surface area contributed by atoms with E-state index in [4.69, 9.17) is 0 Å². The fraction of sp³-hybridized carbons (Fsp3) is 0.458. The smallest absolute Gasteiger partial charge is 0.422 e. The summed E-state index contributed by atoms with van der Waals surface area (Å²) in [7, 11) is 0. The number of hydrogen-bond acceptors (Lipinski definition) is 5. The van der Waals surface area contributed by atoms with Crippen molar-refractivity contribution in [2.24, 2.45) is 0 Å². The van der Waals surface area contributed by atoms with Gasteiger partial charge in [-0.05, 0) is 23.3 Å². The van der Waals surface area contributed by atoms with E-state index in [0.717, 1.165) is 25.7 Å². The van der Waals surface area contributed by atoms with Crippen molar-refractivity contribution in [3.63, 3.8) is 0 Å². The number of piperazine rings is 1. The summed E-state index contributed by atoms with van der Waals surface area (Å²) in [6.45, 7) is 0.615. The number of alkyl halides is 6. The predicted octanol–water partition coefficient (Wildman–Crippen LogP) is 5.34. The number of nitrogens with zero attached hydrogens (tertiary/aromatic N) is 2. The molecule has 0 radical (unpaired) electrons. The maximum absolute atomic E-state index is 12.6. The van der Waals surface area contributed by atoms with Gasteiger partial charge in [0.25, 0.3) is 0 Å². The van der Waals surface area contributed by atoms with E-state index in [1.807, 2.05) is 23.1 Å². The minimum absolute atomic E-state index is 0. The fourth-order valence-corrected chi connectivity index (χ4v) is 3.71. The van der Waals surface area contributed by atoms with E-state index in [2.05, 4.69) is 26.5 Å². The van der Waals surface area contributed by atoms with E-state index >= 15 is 0 Å². The molecule has 0 bridgehead atoms. The predicted molar refractivity (Wildman–Crippen MR) is 131 cm³/mol. The Labute approximate surface area is 223 Å². The van der Waals surface area contributed by atoms with Gasteiger partial charge in [0.15, 0.2) is 19.0 Å². The fourth-order valence-electron chi connectivity index (χ4n) is 3.71. The lowest BCUT2D eigenvalue weighted by Gasteiger charge is -2.34. The van der Waals surface area contributed by atoms with Crippen LogP contribution in [0.25, 0.3) is 0 Å². The van der Waals surface area contributed by atoms with Gasteiger partial charge >= 0.3 is 12.4 Å². The Morgan fingerprint density at radius 1 is 0.730 bits per heavy atom. The summed E-state index contributed by atoms with van der Waals surface area (Å²) < 4.78 is 84.3. The maximum Gasteiger partial charge on any atom is 0.422 e. The molecule has 0 saturated carbocycles. The molecule has 208 valence electrons. The maximum atomic E-state index is 12.6. The van der Waals surface area contributed by atoms with Gasteiger partial charge in [-0.2, -0.15) is 26.3 Å². The molecule has 0 amide bonds. The molecule has 1 heterocycles. The summed E-state index contributed by atoms with van der Waals surface area (Å²) >= 11 is 0. The van der Waals surface area contributed by atoms with Crippen LogP contribution in [0.5, 0.6) is 11.5 Å². The molecule has 1 aliphatic rings. The Morgan fingerprint density at radius 3 is 1.70 bits per heavy atom. The van der Waals surface area contributed by atoms with Gasteiger partial charge in [-0.15, -0.1) is 24.8 Å². The highest BCUT2D eigenvalue weighted by Gasteiger charge is 2.30. The molecule has 1 aliphatic heterocycles. The van der Waals surface area contributed by atoms with Crippen LogP contribution in [0.15, 0.2) is 48.5 Å². The van der Waals surface area contributed by atoms with Crippen molar-refractivity contribution in [3.05, 3.63) is 59.7 Å². The van der Waals surface area contributed by atoms with Crippen LogP contribution in [0.1, 0.15) is 11.1 Å². The Bertz CT molecular complexity index is 933. The zero-order valence-corrected chi connectivity index (χ0v) is 21.3. The van der Waals surface area contributed by atoms with E-state index in [0.29, 0.717) is 13.1 Å². The van der Waals surface area contributed by atoms with E-state index in [9.17, 15) is 31.1 Å². The van der Waals surface area contributed by atoms with Crippen molar-refractivity contribution >= 4 is 30.6 Å². The third-order valence-electron chi connectivity index (χ3n) is 5.26. The highest BCUT2D eigenvalue weighted by atomic mass is 35.5. The first-order chi connectivity index (χ1) is 16.4. The molecule has 1 fully saturated rings. The summed E-state index contributed by atoms with van der Waals surface area (Å²) in [6.07, 6.45) is -9.42. The van der Waals surface area contributed by atoms with Gasteiger partial charge in [0.05, 0.1) is 6.54 Å². The van der Waals surface area contributed by atoms with Crippen LogP contribution in [0.4, 0.5) is 26.3 Å². The molecule has 3 rings (SSSR count). The van der Waals surface area contributed by atoms with Gasteiger partial charge in [0, 0.05) is 45.2 Å². The highest BCUT2D eigenvalue weighted by Crippen LogP contribution is 2.27. The standard InChI is InChI=1S/C24H26F6N2O3.2ClH/c25-23(26,27)16-34-21-11-19(12-22(13-21)35-17-24(28,29)30)10-20(33)15-32-8-6-31(7-9-32)14-18-4-2-1-3-5-18;;/h1-5,11-13H,6-10,14-17H2;2*1H. The summed E-state index contributed by atoms with van der Waals surface area (Å²) in [5.74, 6) is -0.852. The molecule has 0 aromatic heterocycles. The molecule has 37 heavy (non-hydrogen) atoms. The van der Waals surface area contributed by atoms with Crippen molar-refractivity contribution in [1.29, 1.82) is 0 Å². The SMILES string of the molecule is Cl.Cl.O=C(Cc1cc(OCC(F)(F)F)cc(OCC(F)(F)F)c1)CN1CCN(Cc2ccccc2)CC1. The quantitative estimate of drug-likeness (QED) is 0.357. The van der Waals surface area contributed by atoms with Gasteiger partial charge in [0.2, 0.25) is 0 Å². The van der Waals surface area contributed by atoms with Gasteiger partial charge in [0.1, 0.15) is 11.5 Å². The normalized spacial score (nSPS) is 14.9. The average molecular weight is 577 g/mol. The molecule has 0 unspecified atom stereocenters. The monoisotopic (exact) mass is 576 g/mol. The number of carbonyl (C=O) groups excluding carboxylic acids is 1. The van der Waals surface area contributed by atoms with E-state index in [1.54, 1.807) is 0 Å². The van der Waals surface area contributed by atoms with E-state index in [-0.39, 0.29) is 60.6 Å². The molecule has 0 atom stereocenters. The second-order valence-corrected chi connectivity index (χ2v) is 8.37. The number of rotatable bonds is 10. The molecular weight excluding hydrogens is 549 g/mol. The molecule has 2 aromatic carbocycles. The van der Waals surface area contributed by atoms with Crippen molar-refractivity contribution in [1.82, 2.24) is 9.80 Å². The van der Waals surface area contributed by atoms with Crippen LogP contribution in [0.2, 0.25) is 0 Å². The van der Waals surface area contributed by atoms with Crippen molar-refractivity contribution in [2.45, 2.75) is 25.3 Å². The first-order valence-corrected chi connectivity index (χ1v) is 11.0. The second-order valence-electron chi connectivity index (χ2n) is 8.37. The molecular formula is C24H28Cl2F6N2O3.